The molecule has 0 aliphatic rings. The molecule has 0 bridgehead atoms. The minimum Gasteiger partial charge on any atom is -0.460 e. The highest BCUT2D eigenvalue weighted by Crippen LogP contribution is 2.22. The van der Waals surface area contributed by atoms with Crippen LogP contribution in [-0.2, 0) is 35.4 Å². The second kappa shape index (κ2) is 7.28. The van der Waals surface area contributed by atoms with E-state index in [1.54, 1.807) is 27.1 Å². The third kappa shape index (κ3) is 3.36. The van der Waals surface area contributed by atoms with Crippen LogP contribution in [0.2, 0.25) is 0 Å². The van der Waals surface area contributed by atoms with E-state index < -0.39 is 16.0 Å². The third-order valence-electron chi connectivity index (χ3n) is 4.47. The fourth-order valence-corrected chi connectivity index (χ4v) is 4.06. The summed E-state index contributed by atoms with van der Waals surface area (Å²) in [5, 5.41) is 0. The maximum atomic E-state index is 12.9. The Bertz CT molecular complexity index is 1200. The fourth-order valence-electron chi connectivity index (χ4n) is 2.91. The predicted octanol–water partition coefficient (Wildman–Crippen LogP) is 1.47. The number of esters is 1. The van der Waals surface area contributed by atoms with Crippen molar-refractivity contribution in [3.63, 3.8) is 0 Å². The Morgan fingerprint density at radius 2 is 1.82 bits per heavy atom. The standard InChI is InChI=1S/C18H21N3O6S/c1-5-26-17(22)16-9-6-12(27-16)11-19(2)28(24,25)13-7-8-14-15(10-13)21(4)18(23)20(14)3/h6-10H,5,11H2,1-4H3. The van der Waals surface area contributed by atoms with Crippen molar-refractivity contribution in [1.82, 2.24) is 13.4 Å². The first-order valence-corrected chi connectivity index (χ1v) is 9.98. The molecule has 3 rings (SSSR count). The van der Waals surface area contributed by atoms with Gasteiger partial charge in [-0.15, -0.1) is 0 Å². The Morgan fingerprint density at radius 3 is 2.50 bits per heavy atom. The van der Waals surface area contributed by atoms with Crippen molar-refractivity contribution in [2.45, 2.75) is 18.4 Å². The van der Waals surface area contributed by atoms with Crippen molar-refractivity contribution in [3.8, 4) is 0 Å². The SMILES string of the molecule is CCOC(=O)c1ccc(CN(C)S(=O)(=O)c2ccc3c(c2)n(C)c(=O)n3C)o1. The summed E-state index contributed by atoms with van der Waals surface area (Å²) < 4.78 is 40.0. The smallest absolute Gasteiger partial charge is 0.374 e. The number of aryl methyl sites for hydroxylation is 2. The molecule has 28 heavy (non-hydrogen) atoms. The van der Waals surface area contributed by atoms with Crippen molar-refractivity contribution in [1.29, 1.82) is 0 Å². The molecule has 10 heteroatoms. The molecule has 2 heterocycles. The summed E-state index contributed by atoms with van der Waals surface area (Å²) in [4.78, 5) is 23.8. The van der Waals surface area contributed by atoms with Gasteiger partial charge in [0.05, 0.1) is 29.1 Å². The minimum absolute atomic E-state index is 0.0170. The van der Waals surface area contributed by atoms with Gasteiger partial charge >= 0.3 is 11.7 Å². The van der Waals surface area contributed by atoms with Gasteiger partial charge in [-0.05, 0) is 37.3 Å². The number of carbonyl (C=O) groups excluding carboxylic acids is 1. The molecule has 0 amide bonds. The monoisotopic (exact) mass is 407 g/mol. The van der Waals surface area contributed by atoms with Crippen molar-refractivity contribution < 1.29 is 22.4 Å². The molecular formula is C18H21N3O6S. The zero-order valence-electron chi connectivity index (χ0n) is 16.0. The first-order valence-electron chi connectivity index (χ1n) is 8.54. The van der Waals surface area contributed by atoms with Gasteiger partial charge in [0, 0.05) is 21.1 Å². The van der Waals surface area contributed by atoms with Crippen molar-refractivity contribution in [3.05, 3.63) is 52.3 Å². The summed E-state index contributed by atoms with van der Waals surface area (Å²) in [6, 6.07) is 7.50. The summed E-state index contributed by atoms with van der Waals surface area (Å²) in [5.74, 6) is -0.277. The van der Waals surface area contributed by atoms with Crippen LogP contribution in [0.15, 0.2) is 44.4 Å². The van der Waals surface area contributed by atoms with Gasteiger partial charge in [0.25, 0.3) is 0 Å². The van der Waals surface area contributed by atoms with Gasteiger partial charge in [0.2, 0.25) is 15.8 Å². The quantitative estimate of drug-likeness (QED) is 0.573. The molecule has 0 atom stereocenters. The summed E-state index contributed by atoms with van der Waals surface area (Å²) in [6.07, 6.45) is 0. The normalized spacial score (nSPS) is 12.0. The molecule has 0 saturated carbocycles. The summed E-state index contributed by atoms with van der Waals surface area (Å²) >= 11 is 0. The Morgan fingerprint density at radius 1 is 1.14 bits per heavy atom. The predicted molar refractivity (Wildman–Crippen MR) is 101 cm³/mol. The molecule has 2 aromatic heterocycles. The summed E-state index contributed by atoms with van der Waals surface area (Å²) in [5.41, 5.74) is 0.920. The lowest BCUT2D eigenvalue weighted by Crippen LogP contribution is -2.26. The van der Waals surface area contributed by atoms with E-state index >= 15 is 0 Å². The lowest BCUT2D eigenvalue weighted by molar-refractivity contribution is 0.0487. The van der Waals surface area contributed by atoms with E-state index in [1.807, 2.05) is 0 Å². The molecule has 0 unspecified atom stereocenters. The third-order valence-corrected chi connectivity index (χ3v) is 6.27. The number of furan rings is 1. The molecule has 0 radical (unpaired) electrons. The number of imidazole rings is 1. The van der Waals surface area contributed by atoms with Crippen LogP contribution in [0.3, 0.4) is 0 Å². The van der Waals surface area contributed by atoms with Crippen LogP contribution in [0.5, 0.6) is 0 Å². The molecule has 0 N–H and O–H groups in total. The molecule has 0 aliphatic heterocycles. The fraction of sp³-hybridized carbons (Fsp3) is 0.333. The van der Waals surface area contributed by atoms with Gasteiger partial charge in [0.15, 0.2) is 0 Å². The molecular weight excluding hydrogens is 386 g/mol. The Kier molecular flexibility index (Phi) is 5.18. The number of fused-ring (bicyclic) bond motifs is 1. The van der Waals surface area contributed by atoms with Gasteiger partial charge in [-0.1, -0.05) is 0 Å². The number of carbonyl (C=O) groups is 1. The van der Waals surface area contributed by atoms with Gasteiger partial charge in [-0.3, -0.25) is 9.13 Å². The second-order valence-corrected chi connectivity index (χ2v) is 8.34. The molecule has 9 nitrogen and oxygen atoms in total. The maximum Gasteiger partial charge on any atom is 0.374 e. The summed E-state index contributed by atoms with van der Waals surface area (Å²) in [6.45, 7) is 1.84. The van der Waals surface area contributed by atoms with Gasteiger partial charge in [-0.25, -0.2) is 18.0 Å². The van der Waals surface area contributed by atoms with E-state index in [9.17, 15) is 18.0 Å². The van der Waals surface area contributed by atoms with Gasteiger partial charge in [0.1, 0.15) is 5.76 Å². The second-order valence-electron chi connectivity index (χ2n) is 6.30. The van der Waals surface area contributed by atoms with Crippen LogP contribution in [0, 0.1) is 0 Å². The average Bonchev–Trinajstić information content (AvgIpc) is 3.21. The van der Waals surface area contributed by atoms with E-state index in [1.165, 1.54) is 40.4 Å². The van der Waals surface area contributed by atoms with Crippen LogP contribution in [0.4, 0.5) is 0 Å². The molecule has 3 aromatic rings. The molecule has 0 saturated heterocycles. The van der Waals surface area contributed by atoms with Crippen LogP contribution in [0.25, 0.3) is 11.0 Å². The van der Waals surface area contributed by atoms with Crippen molar-refractivity contribution in [2.24, 2.45) is 14.1 Å². The number of ether oxygens (including phenoxy) is 1. The Hall–Kier alpha value is -2.85. The van der Waals surface area contributed by atoms with E-state index in [0.29, 0.717) is 16.8 Å². The maximum absolute atomic E-state index is 12.9. The number of aromatic nitrogens is 2. The summed E-state index contributed by atoms with van der Waals surface area (Å²) in [7, 11) is 0.791. The number of nitrogens with zero attached hydrogens (tertiary/aromatic N) is 3. The topological polar surface area (TPSA) is 104 Å². The van der Waals surface area contributed by atoms with Crippen LogP contribution < -0.4 is 5.69 Å². The van der Waals surface area contributed by atoms with E-state index in [4.69, 9.17) is 9.15 Å². The largest absolute Gasteiger partial charge is 0.460 e. The zero-order valence-corrected chi connectivity index (χ0v) is 16.8. The van der Waals surface area contributed by atoms with E-state index in [0.717, 1.165) is 4.31 Å². The Balaban J connectivity index is 1.88. The molecule has 0 fully saturated rings. The van der Waals surface area contributed by atoms with E-state index in [-0.39, 0.29) is 29.5 Å². The number of benzene rings is 1. The number of hydrogen-bond acceptors (Lipinski definition) is 6. The molecule has 1 aromatic carbocycles. The number of hydrogen-bond donors (Lipinski definition) is 0. The highest BCUT2D eigenvalue weighted by Gasteiger charge is 2.24. The first-order chi connectivity index (χ1) is 13.2. The number of rotatable bonds is 6. The van der Waals surface area contributed by atoms with Crippen LogP contribution in [-0.4, -0.2) is 41.5 Å². The van der Waals surface area contributed by atoms with Gasteiger partial charge < -0.3 is 9.15 Å². The van der Waals surface area contributed by atoms with Crippen LogP contribution in [0.1, 0.15) is 23.2 Å². The molecule has 0 spiro atoms. The van der Waals surface area contributed by atoms with E-state index in [2.05, 4.69) is 0 Å². The zero-order chi connectivity index (χ0) is 20.6. The first kappa shape index (κ1) is 19.9. The average molecular weight is 407 g/mol. The Labute approximate surface area is 161 Å². The minimum atomic E-state index is -3.84. The van der Waals surface area contributed by atoms with Crippen LogP contribution >= 0.6 is 0 Å². The van der Waals surface area contributed by atoms with Crippen molar-refractivity contribution >= 4 is 27.0 Å². The molecule has 0 aliphatic carbocycles. The highest BCUT2D eigenvalue weighted by atomic mass is 32.2. The number of sulfonamides is 1. The van der Waals surface area contributed by atoms with Crippen molar-refractivity contribution in [2.75, 3.05) is 13.7 Å². The highest BCUT2D eigenvalue weighted by molar-refractivity contribution is 7.89. The van der Waals surface area contributed by atoms with Gasteiger partial charge in [-0.2, -0.15) is 4.31 Å². The molecule has 150 valence electrons. The lowest BCUT2D eigenvalue weighted by atomic mass is 10.3. The lowest BCUT2D eigenvalue weighted by Gasteiger charge is -2.16.